The number of piperazine rings is 1. The molecule has 3 rings (SSSR count). The number of methoxy groups -OCH3 is 1. The molecule has 1 aliphatic rings. The number of hydrogen-bond acceptors (Lipinski definition) is 5. The summed E-state index contributed by atoms with van der Waals surface area (Å²) in [5.41, 5.74) is 1.83. The average Bonchev–Trinajstić information content (AvgIpc) is 2.78. The zero-order chi connectivity index (χ0) is 20.9. The number of carbonyl (C=O) groups excluding carboxylic acids is 1. The molecule has 2 amide bonds. The number of sulfonamides is 1. The van der Waals surface area contributed by atoms with Crippen LogP contribution in [0.3, 0.4) is 0 Å². The van der Waals surface area contributed by atoms with E-state index in [9.17, 15) is 13.2 Å². The van der Waals surface area contributed by atoms with Gasteiger partial charge in [-0.15, -0.1) is 0 Å². The highest BCUT2D eigenvalue weighted by Crippen LogP contribution is 2.20. The Labute approximate surface area is 171 Å². The van der Waals surface area contributed by atoms with Crippen LogP contribution in [0.15, 0.2) is 53.4 Å². The number of nitrogens with zero attached hydrogens (tertiary/aromatic N) is 2. The van der Waals surface area contributed by atoms with Crippen molar-refractivity contribution in [3.8, 4) is 5.75 Å². The van der Waals surface area contributed by atoms with Gasteiger partial charge in [0.25, 0.3) is 0 Å². The van der Waals surface area contributed by atoms with Crippen LogP contribution in [-0.2, 0) is 16.6 Å². The number of hydrogen-bond donors (Lipinski definition) is 2. The van der Waals surface area contributed by atoms with Crippen LogP contribution in [0.1, 0.15) is 5.56 Å². The fourth-order valence-corrected chi connectivity index (χ4v) is 3.99. The van der Waals surface area contributed by atoms with Gasteiger partial charge in [0, 0.05) is 38.4 Å². The molecule has 9 heteroatoms. The van der Waals surface area contributed by atoms with Crippen LogP contribution in [0, 0.1) is 0 Å². The van der Waals surface area contributed by atoms with Crippen LogP contribution < -0.4 is 19.7 Å². The van der Waals surface area contributed by atoms with Crippen molar-refractivity contribution in [2.45, 2.75) is 11.4 Å². The van der Waals surface area contributed by atoms with Crippen LogP contribution in [0.5, 0.6) is 5.75 Å². The fourth-order valence-electron chi connectivity index (χ4n) is 3.19. The summed E-state index contributed by atoms with van der Waals surface area (Å²) < 4.78 is 31.3. The second-order valence-corrected chi connectivity index (χ2v) is 8.57. The Balaban J connectivity index is 1.52. The van der Waals surface area contributed by atoms with Crippen molar-refractivity contribution in [2.24, 2.45) is 0 Å². The number of carbonyl (C=O) groups is 1. The SMILES string of the molecule is CNS(=O)(=O)c1cccc(CNC(=O)N2CCN(c3ccc(OC)cc3)CC2)c1. The van der Waals surface area contributed by atoms with Crippen LogP contribution in [-0.4, -0.2) is 59.7 Å². The van der Waals surface area contributed by atoms with E-state index in [4.69, 9.17) is 4.74 Å². The molecule has 0 aliphatic carbocycles. The van der Waals surface area contributed by atoms with Crippen molar-refractivity contribution in [1.82, 2.24) is 14.9 Å². The molecule has 2 aromatic rings. The second-order valence-electron chi connectivity index (χ2n) is 6.69. The van der Waals surface area contributed by atoms with Gasteiger partial charge >= 0.3 is 6.03 Å². The lowest BCUT2D eigenvalue weighted by atomic mass is 10.2. The molecule has 0 atom stereocenters. The molecular formula is C20H26N4O4S. The van der Waals surface area contributed by atoms with Gasteiger partial charge in [-0.05, 0) is 49.0 Å². The second kappa shape index (κ2) is 9.15. The molecule has 0 bridgehead atoms. The standard InChI is InChI=1S/C20H26N4O4S/c1-21-29(26,27)19-5-3-4-16(14-19)15-22-20(25)24-12-10-23(11-13-24)17-6-8-18(28-2)9-7-17/h3-9,14,21H,10-13,15H2,1-2H3,(H,22,25). The molecule has 0 spiro atoms. The predicted octanol–water partition coefficient (Wildman–Crippen LogP) is 1.64. The summed E-state index contributed by atoms with van der Waals surface area (Å²) in [6, 6.07) is 14.3. The van der Waals surface area contributed by atoms with Crippen LogP contribution in [0.4, 0.5) is 10.5 Å². The van der Waals surface area contributed by atoms with Crippen molar-refractivity contribution in [2.75, 3.05) is 45.2 Å². The summed E-state index contributed by atoms with van der Waals surface area (Å²) in [4.78, 5) is 16.7. The first-order valence-electron chi connectivity index (χ1n) is 9.37. The highest BCUT2D eigenvalue weighted by atomic mass is 32.2. The molecule has 2 aromatic carbocycles. The lowest BCUT2D eigenvalue weighted by molar-refractivity contribution is 0.194. The molecule has 1 saturated heterocycles. The third-order valence-corrected chi connectivity index (χ3v) is 6.34. The van der Waals surface area contributed by atoms with Crippen LogP contribution in [0.2, 0.25) is 0 Å². The summed E-state index contributed by atoms with van der Waals surface area (Å²) in [5.74, 6) is 0.818. The molecule has 29 heavy (non-hydrogen) atoms. The van der Waals surface area contributed by atoms with E-state index in [0.29, 0.717) is 13.1 Å². The van der Waals surface area contributed by atoms with E-state index < -0.39 is 10.0 Å². The largest absolute Gasteiger partial charge is 0.497 e. The third-order valence-electron chi connectivity index (χ3n) is 4.93. The molecule has 2 N–H and O–H groups in total. The zero-order valence-electron chi connectivity index (χ0n) is 16.6. The minimum Gasteiger partial charge on any atom is -0.497 e. The summed E-state index contributed by atoms with van der Waals surface area (Å²) in [6.45, 7) is 2.99. The lowest BCUT2D eigenvalue weighted by Gasteiger charge is -2.36. The van der Waals surface area contributed by atoms with Gasteiger partial charge in [0.1, 0.15) is 5.75 Å². The smallest absolute Gasteiger partial charge is 0.317 e. The van der Waals surface area contributed by atoms with Gasteiger partial charge < -0.3 is 19.9 Å². The van der Waals surface area contributed by atoms with Gasteiger partial charge in [-0.1, -0.05) is 12.1 Å². The number of benzene rings is 2. The normalized spacial score (nSPS) is 14.6. The molecule has 0 radical (unpaired) electrons. The highest BCUT2D eigenvalue weighted by molar-refractivity contribution is 7.89. The van der Waals surface area contributed by atoms with Crippen molar-refractivity contribution in [1.29, 1.82) is 0 Å². The fraction of sp³-hybridized carbons (Fsp3) is 0.350. The molecule has 8 nitrogen and oxygen atoms in total. The molecule has 1 heterocycles. The topological polar surface area (TPSA) is 91.0 Å². The van der Waals surface area contributed by atoms with E-state index in [1.54, 1.807) is 30.2 Å². The number of ether oxygens (including phenoxy) is 1. The van der Waals surface area contributed by atoms with E-state index in [2.05, 4.69) is 14.9 Å². The van der Waals surface area contributed by atoms with Crippen LogP contribution in [0.25, 0.3) is 0 Å². The Morgan fingerprint density at radius 2 is 1.76 bits per heavy atom. The van der Waals surface area contributed by atoms with Gasteiger partial charge in [0.05, 0.1) is 12.0 Å². The number of amides is 2. The number of nitrogens with one attached hydrogen (secondary N) is 2. The molecule has 1 aliphatic heterocycles. The summed E-state index contributed by atoms with van der Waals surface area (Å²) in [7, 11) is -0.492. The van der Waals surface area contributed by atoms with Gasteiger partial charge in [0.15, 0.2) is 0 Å². The van der Waals surface area contributed by atoms with E-state index in [0.717, 1.165) is 30.1 Å². The summed E-state index contributed by atoms with van der Waals surface area (Å²) >= 11 is 0. The van der Waals surface area contributed by atoms with E-state index in [1.807, 2.05) is 24.3 Å². The highest BCUT2D eigenvalue weighted by Gasteiger charge is 2.21. The van der Waals surface area contributed by atoms with E-state index in [1.165, 1.54) is 13.1 Å². The molecule has 0 aromatic heterocycles. The number of rotatable bonds is 6. The molecule has 0 saturated carbocycles. The molecule has 0 unspecified atom stereocenters. The lowest BCUT2D eigenvalue weighted by Crippen LogP contribution is -2.51. The molecule has 1 fully saturated rings. The maximum absolute atomic E-state index is 12.5. The van der Waals surface area contributed by atoms with Crippen molar-refractivity contribution < 1.29 is 17.9 Å². The zero-order valence-corrected chi connectivity index (χ0v) is 17.4. The first-order chi connectivity index (χ1) is 13.9. The van der Waals surface area contributed by atoms with Crippen LogP contribution >= 0.6 is 0 Å². The predicted molar refractivity (Wildman–Crippen MR) is 112 cm³/mol. The summed E-state index contributed by atoms with van der Waals surface area (Å²) in [5, 5.41) is 2.87. The maximum Gasteiger partial charge on any atom is 0.317 e. The molecule has 156 valence electrons. The monoisotopic (exact) mass is 418 g/mol. The number of urea groups is 1. The maximum atomic E-state index is 12.5. The van der Waals surface area contributed by atoms with Gasteiger partial charge in [-0.25, -0.2) is 17.9 Å². The Kier molecular flexibility index (Phi) is 6.60. The molecular weight excluding hydrogens is 392 g/mol. The van der Waals surface area contributed by atoms with Gasteiger partial charge in [0.2, 0.25) is 10.0 Å². The van der Waals surface area contributed by atoms with Crippen molar-refractivity contribution in [3.63, 3.8) is 0 Å². The van der Waals surface area contributed by atoms with Gasteiger partial charge in [-0.3, -0.25) is 0 Å². The van der Waals surface area contributed by atoms with Crippen molar-refractivity contribution in [3.05, 3.63) is 54.1 Å². The Bertz CT molecular complexity index is 939. The van der Waals surface area contributed by atoms with Gasteiger partial charge in [-0.2, -0.15) is 0 Å². The Morgan fingerprint density at radius 3 is 2.38 bits per heavy atom. The minimum absolute atomic E-state index is 0.152. The van der Waals surface area contributed by atoms with Crippen molar-refractivity contribution >= 4 is 21.7 Å². The average molecular weight is 419 g/mol. The minimum atomic E-state index is -3.50. The summed E-state index contributed by atoms with van der Waals surface area (Å²) in [6.07, 6.45) is 0. The number of anilines is 1. The third kappa shape index (κ3) is 5.18. The van der Waals surface area contributed by atoms with E-state index in [-0.39, 0.29) is 17.5 Å². The van der Waals surface area contributed by atoms with E-state index >= 15 is 0 Å². The Morgan fingerprint density at radius 1 is 1.07 bits per heavy atom. The first-order valence-corrected chi connectivity index (χ1v) is 10.9. The Hall–Kier alpha value is -2.78. The first kappa shape index (κ1) is 20.9. The quantitative estimate of drug-likeness (QED) is 0.744.